The molecule has 0 atom stereocenters. The van der Waals surface area contributed by atoms with Gasteiger partial charge in [-0.05, 0) is 63.1 Å². The normalized spacial score (nSPS) is 19.4. The summed E-state index contributed by atoms with van der Waals surface area (Å²) in [6.07, 6.45) is 10.0. The van der Waals surface area contributed by atoms with E-state index in [4.69, 9.17) is 4.99 Å². The van der Waals surface area contributed by atoms with Crippen molar-refractivity contribution in [3.8, 4) is 0 Å². The average molecular weight is 457 g/mol. The van der Waals surface area contributed by atoms with Crippen LogP contribution in [0.2, 0.25) is 0 Å². The molecule has 1 aromatic rings. The Hall–Kier alpha value is -0.890. The van der Waals surface area contributed by atoms with Crippen LogP contribution in [0.4, 0.5) is 0 Å². The molecule has 6 heteroatoms. The predicted molar refractivity (Wildman–Crippen MR) is 115 cm³/mol. The molecular formula is C19H32IN5. The summed E-state index contributed by atoms with van der Waals surface area (Å²) in [5.74, 6) is 0.967. The molecule has 2 N–H and O–H groups in total. The number of piperidine rings is 1. The molecule has 140 valence electrons. The number of aryl methyl sites for hydroxylation is 1. The van der Waals surface area contributed by atoms with Crippen LogP contribution in [0.25, 0.3) is 0 Å². The summed E-state index contributed by atoms with van der Waals surface area (Å²) >= 11 is 0. The standard InChI is InChI=1S/C19H31N5.HI/c1-3-21-19(22-11-7-16-6-10-20-14-15(16)2)23-17-8-12-24(13-9-17)18-4-5-18;/h6,10,14,17-18H,3-5,7-9,11-13H2,1-2H3,(H2,21,22,23);1H. The number of halogens is 1. The van der Waals surface area contributed by atoms with Crippen molar-refractivity contribution in [1.82, 2.24) is 20.5 Å². The van der Waals surface area contributed by atoms with Gasteiger partial charge in [-0.25, -0.2) is 0 Å². The smallest absolute Gasteiger partial charge is 0.191 e. The van der Waals surface area contributed by atoms with Crippen LogP contribution in [0.5, 0.6) is 0 Å². The summed E-state index contributed by atoms with van der Waals surface area (Å²) in [6.45, 7) is 8.42. The molecule has 1 saturated heterocycles. The molecule has 0 bridgehead atoms. The predicted octanol–water partition coefficient (Wildman–Crippen LogP) is 2.73. The summed E-state index contributed by atoms with van der Waals surface area (Å²) in [7, 11) is 0. The van der Waals surface area contributed by atoms with Gasteiger partial charge < -0.3 is 15.5 Å². The van der Waals surface area contributed by atoms with Crippen molar-refractivity contribution in [2.75, 3.05) is 26.2 Å². The number of likely N-dealkylation sites (tertiary alicyclic amines) is 1. The van der Waals surface area contributed by atoms with Gasteiger partial charge in [0.25, 0.3) is 0 Å². The molecule has 0 unspecified atom stereocenters. The van der Waals surface area contributed by atoms with Gasteiger partial charge in [0, 0.05) is 50.7 Å². The maximum absolute atomic E-state index is 4.77. The Morgan fingerprint density at radius 3 is 2.68 bits per heavy atom. The van der Waals surface area contributed by atoms with Crippen molar-refractivity contribution in [3.05, 3.63) is 29.6 Å². The lowest BCUT2D eigenvalue weighted by Crippen LogP contribution is -2.49. The zero-order chi connectivity index (χ0) is 16.8. The fourth-order valence-corrected chi connectivity index (χ4v) is 3.43. The molecule has 1 aromatic heterocycles. The number of rotatable bonds is 6. The fourth-order valence-electron chi connectivity index (χ4n) is 3.43. The highest BCUT2D eigenvalue weighted by atomic mass is 127. The first kappa shape index (κ1) is 20.4. The molecule has 0 spiro atoms. The van der Waals surface area contributed by atoms with E-state index >= 15 is 0 Å². The minimum Gasteiger partial charge on any atom is -0.357 e. The average Bonchev–Trinajstić information content (AvgIpc) is 3.42. The lowest BCUT2D eigenvalue weighted by atomic mass is 10.1. The zero-order valence-electron chi connectivity index (χ0n) is 15.5. The number of nitrogens with one attached hydrogen (secondary N) is 2. The van der Waals surface area contributed by atoms with Crippen molar-refractivity contribution in [1.29, 1.82) is 0 Å². The third-order valence-electron chi connectivity index (χ3n) is 5.07. The van der Waals surface area contributed by atoms with Gasteiger partial charge in [-0.15, -0.1) is 24.0 Å². The first-order valence-corrected chi connectivity index (χ1v) is 9.44. The summed E-state index contributed by atoms with van der Waals surface area (Å²) in [5.41, 5.74) is 2.58. The van der Waals surface area contributed by atoms with Crippen LogP contribution in [0, 0.1) is 6.92 Å². The van der Waals surface area contributed by atoms with Gasteiger partial charge >= 0.3 is 0 Å². The summed E-state index contributed by atoms with van der Waals surface area (Å²) in [5, 5.41) is 7.03. The van der Waals surface area contributed by atoms with Crippen molar-refractivity contribution < 1.29 is 0 Å². The SMILES string of the molecule is CCNC(=NCCc1ccncc1C)NC1CCN(C2CC2)CC1.I. The molecule has 1 aliphatic carbocycles. The van der Waals surface area contributed by atoms with Gasteiger partial charge in [0.1, 0.15) is 0 Å². The maximum Gasteiger partial charge on any atom is 0.191 e. The molecule has 5 nitrogen and oxygen atoms in total. The number of aromatic nitrogens is 1. The molecule has 1 saturated carbocycles. The van der Waals surface area contributed by atoms with Gasteiger partial charge in [-0.3, -0.25) is 9.98 Å². The van der Waals surface area contributed by atoms with Crippen LogP contribution in [-0.4, -0.2) is 54.1 Å². The number of hydrogen-bond acceptors (Lipinski definition) is 3. The Balaban J connectivity index is 0.00000225. The third kappa shape index (κ3) is 6.40. The number of pyridine rings is 1. The Kier molecular flexibility index (Phi) is 8.42. The van der Waals surface area contributed by atoms with Crippen molar-refractivity contribution in [2.24, 2.45) is 4.99 Å². The van der Waals surface area contributed by atoms with Crippen molar-refractivity contribution >= 4 is 29.9 Å². The highest BCUT2D eigenvalue weighted by Crippen LogP contribution is 2.29. The second-order valence-corrected chi connectivity index (χ2v) is 7.00. The van der Waals surface area contributed by atoms with E-state index in [9.17, 15) is 0 Å². The molecule has 2 heterocycles. The van der Waals surface area contributed by atoms with Gasteiger partial charge in [-0.2, -0.15) is 0 Å². The summed E-state index contributed by atoms with van der Waals surface area (Å²) in [6, 6.07) is 3.55. The molecule has 25 heavy (non-hydrogen) atoms. The molecule has 1 aliphatic heterocycles. The Morgan fingerprint density at radius 2 is 2.04 bits per heavy atom. The van der Waals surface area contributed by atoms with E-state index < -0.39 is 0 Å². The summed E-state index contributed by atoms with van der Waals surface area (Å²) in [4.78, 5) is 11.6. The Morgan fingerprint density at radius 1 is 1.28 bits per heavy atom. The molecule has 3 rings (SSSR count). The van der Waals surface area contributed by atoms with Crippen LogP contribution in [0.3, 0.4) is 0 Å². The minimum absolute atomic E-state index is 0. The molecule has 2 aliphatic rings. The second-order valence-electron chi connectivity index (χ2n) is 7.00. The van der Waals surface area contributed by atoms with E-state index in [-0.39, 0.29) is 24.0 Å². The zero-order valence-corrected chi connectivity index (χ0v) is 17.8. The van der Waals surface area contributed by atoms with Crippen LogP contribution in [0.15, 0.2) is 23.5 Å². The molecule has 0 amide bonds. The van der Waals surface area contributed by atoms with Gasteiger partial charge in [-0.1, -0.05) is 0 Å². The monoisotopic (exact) mass is 457 g/mol. The van der Waals surface area contributed by atoms with E-state index in [2.05, 4.69) is 40.4 Å². The fraction of sp³-hybridized carbons (Fsp3) is 0.684. The lowest BCUT2D eigenvalue weighted by Gasteiger charge is -2.33. The van der Waals surface area contributed by atoms with E-state index in [0.717, 1.165) is 31.5 Å². The van der Waals surface area contributed by atoms with Gasteiger partial charge in [0.2, 0.25) is 0 Å². The van der Waals surface area contributed by atoms with E-state index in [1.165, 1.54) is 49.9 Å². The van der Waals surface area contributed by atoms with Crippen LogP contribution >= 0.6 is 24.0 Å². The number of hydrogen-bond donors (Lipinski definition) is 2. The second kappa shape index (κ2) is 10.3. The Labute approximate surface area is 169 Å². The molecule has 0 radical (unpaired) electrons. The van der Waals surface area contributed by atoms with Crippen LogP contribution in [0.1, 0.15) is 43.7 Å². The van der Waals surface area contributed by atoms with Crippen LogP contribution in [-0.2, 0) is 6.42 Å². The minimum atomic E-state index is 0. The van der Waals surface area contributed by atoms with E-state index in [1.807, 2.05) is 12.4 Å². The van der Waals surface area contributed by atoms with Gasteiger partial charge in [0.05, 0.1) is 0 Å². The van der Waals surface area contributed by atoms with Crippen molar-refractivity contribution in [2.45, 2.75) is 58.0 Å². The first-order chi connectivity index (χ1) is 11.8. The molecule has 0 aromatic carbocycles. The van der Waals surface area contributed by atoms with Gasteiger partial charge in [0.15, 0.2) is 5.96 Å². The highest BCUT2D eigenvalue weighted by molar-refractivity contribution is 14.0. The van der Waals surface area contributed by atoms with E-state index in [0.29, 0.717) is 6.04 Å². The number of guanidine groups is 1. The largest absolute Gasteiger partial charge is 0.357 e. The quantitative estimate of drug-likeness (QED) is 0.392. The van der Waals surface area contributed by atoms with Crippen molar-refractivity contribution in [3.63, 3.8) is 0 Å². The molecular weight excluding hydrogens is 425 g/mol. The third-order valence-corrected chi connectivity index (χ3v) is 5.07. The summed E-state index contributed by atoms with van der Waals surface area (Å²) < 4.78 is 0. The Bertz CT molecular complexity index is 551. The topological polar surface area (TPSA) is 52.6 Å². The number of nitrogens with zero attached hydrogens (tertiary/aromatic N) is 3. The number of aliphatic imine (C=N–C) groups is 1. The van der Waals surface area contributed by atoms with E-state index in [1.54, 1.807) is 0 Å². The first-order valence-electron chi connectivity index (χ1n) is 9.44. The maximum atomic E-state index is 4.77. The van der Waals surface area contributed by atoms with Crippen LogP contribution < -0.4 is 10.6 Å². The molecule has 2 fully saturated rings. The lowest BCUT2D eigenvalue weighted by molar-refractivity contribution is 0.197. The highest BCUT2D eigenvalue weighted by Gasteiger charge is 2.31.